The van der Waals surface area contributed by atoms with E-state index in [0.29, 0.717) is 18.7 Å². The summed E-state index contributed by atoms with van der Waals surface area (Å²) in [5.74, 6) is -0.626. The number of hydrogen-bond donors (Lipinski definition) is 0. The van der Waals surface area contributed by atoms with Gasteiger partial charge in [-0.05, 0) is 48.4 Å². The minimum absolute atomic E-state index is 0.0144. The van der Waals surface area contributed by atoms with E-state index in [1.54, 1.807) is 4.90 Å². The molecule has 172 valence electrons. The second kappa shape index (κ2) is 10.7. The molecule has 0 N–H and O–H groups in total. The van der Waals surface area contributed by atoms with Crippen molar-refractivity contribution in [3.05, 3.63) is 30.1 Å². The molecule has 1 aliphatic rings. The summed E-state index contributed by atoms with van der Waals surface area (Å²) in [6, 6.07) is 5.62. The van der Waals surface area contributed by atoms with E-state index in [1.165, 1.54) is 34.1 Å². The van der Waals surface area contributed by atoms with Crippen LogP contribution in [0.1, 0.15) is 60.3 Å². The van der Waals surface area contributed by atoms with E-state index in [-0.39, 0.29) is 54.6 Å². The zero-order chi connectivity index (χ0) is 23.2. The van der Waals surface area contributed by atoms with Gasteiger partial charge in [0, 0.05) is 18.7 Å². The van der Waals surface area contributed by atoms with Crippen molar-refractivity contribution in [2.24, 2.45) is 11.3 Å². The Kier molecular flexibility index (Phi) is 8.60. The highest BCUT2D eigenvalue weighted by Crippen LogP contribution is 2.26. The number of amides is 3. The molecule has 7 heteroatoms. The molecule has 0 saturated carbocycles. The number of hydrogen-bond acceptors (Lipinski definition) is 3. The van der Waals surface area contributed by atoms with E-state index >= 15 is 0 Å². The predicted octanol–water partition coefficient (Wildman–Crippen LogP) is 4.05. The van der Waals surface area contributed by atoms with E-state index in [4.69, 9.17) is 0 Å². The molecule has 0 bridgehead atoms. The van der Waals surface area contributed by atoms with Gasteiger partial charge in [-0.15, -0.1) is 0 Å². The van der Waals surface area contributed by atoms with E-state index < -0.39 is 0 Å². The number of carbonyl (C=O) groups excluding carboxylic acids is 3. The lowest BCUT2D eigenvalue weighted by Gasteiger charge is -2.28. The highest BCUT2D eigenvalue weighted by Gasteiger charge is 2.33. The molecule has 0 spiro atoms. The van der Waals surface area contributed by atoms with Crippen LogP contribution in [0.4, 0.5) is 10.1 Å². The first kappa shape index (κ1) is 24.8. The molecule has 0 radical (unpaired) electrons. The van der Waals surface area contributed by atoms with Crippen molar-refractivity contribution in [1.82, 2.24) is 9.80 Å². The minimum Gasteiger partial charge on any atom is -0.333 e. The molecule has 1 aliphatic heterocycles. The number of halogens is 1. The third-order valence-electron chi connectivity index (χ3n) is 5.37. The largest absolute Gasteiger partial charge is 0.333 e. The van der Waals surface area contributed by atoms with Gasteiger partial charge in [-0.2, -0.15) is 0 Å². The van der Waals surface area contributed by atoms with Crippen molar-refractivity contribution in [1.29, 1.82) is 0 Å². The van der Waals surface area contributed by atoms with E-state index in [2.05, 4.69) is 27.7 Å². The van der Waals surface area contributed by atoms with Gasteiger partial charge in [-0.25, -0.2) is 4.39 Å². The lowest BCUT2D eigenvalue weighted by molar-refractivity contribution is -0.141. The maximum Gasteiger partial charge on any atom is 0.248 e. The lowest BCUT2D eigenvalue weighted by Crippen LogP contribution is -2.43. The first-order valence-electron chi connectivity index (χ1n) is 11.1. The second-order valence-electron chi connectivity index (χ2n) is 9.77. The van der Waals surface area contributed by atoms with Gasteiger partial charge in [0.2, 0.25) is 17.7 Å². The van der Waals surface area contributed by atoms with Crippen molar-refractivity contribution in [3.8, 4) is 0 Å². The van der Waals surface area contributed by atoms with Crippen LogP contribution in [-0.4, -0.2) is 53.8 Å². The Labute approximate surface area is 185 Å². The number of nitrogens with zero attached hydrogens (tertiary/aromatic N) is 3. The molecule has 1 aromatic rings. The SMILES string of the molecule is CCCCN(CC(=O)N1CC(=O)N(c2ccc(F)cc2)C1)C(=O)CC(C)CC(C)(C)C. The molecule has 1 saturated heterocycles. The van der Waals surface area contributed by atoms with Gasteiger partial charge in [0.1, 0.15) is 19.0 Å². The van der Waals surface area contributed by atoms with E-state index in [1.807, 2.05) is 6.92 Å². The van der Waals surface area contributed by atoms with Crippen molar-refractivity contribution in [3.63, 3.8) is 0 Å². The van der Waals surface area contributed by atoms with Crippen LogP contribution < -0.4 is 4.90 Å². The van der Waals surface area contributed by atoms with Crippen molar-refractivity contribution in [2.45, 2.75) is 60.3 Å². The van der Waals surface area contributed by atoms with Crippen molar-refractivity contribution < 1.29 is 18.8 Å². The monoisotopic (exact) mass is 433 g/mol. The summed E-state index contributed by atoms with van der Waals surface area (Å²) >= 11 is 0. The Hall–Kier alpha value is -2.44. The number of anilines is 1. The molecular formula is C24H36FN3O3. The molecule has 1 unspecified atom stereocenters. The first-order chi connectivity index (χ1) is 14.5. The quantitative estimate of drug-likeness (QED) is 0.590. The fourth-order valence-corrected chi connectivity index (χ4v) is 4.01. The minimum atomic E-state index is -0.380. The molecule has 31 heavy (non-hydrogen) atoms. The van der Waals surface area contributed by atoms with Crippen LogP contribution >= 0.6 is 0 Å². The average molecular weight is 434 g/mol. The number of unbranched alkanes of at least 4 members (excludes halogenated alkanes) is 1. The van der Waals surface area contributed by atoms with Crippen LogP contribution in [0.25, 0.3) is 0 Å². The summed E-state index contributed by atoms with van der Waals surface area (Å²) in [5.41, 5.74) is 0.695. The number of benzene rings is 1. The zero-order valence-corrected chi connectivity index (χ0v) is 19.5. The predicted molar refractivity (Wildman–Crippen MR) is 120 cm³/mol. The van der Waals surface area contributed by atoms with Gasteiger partial charge in [-0.3, -0.25) is 19.3 Å². The highest BCUT2D eigenvalue weighted by molar-refractivity contribution is 6.00. The van der Waals surface area contributed by atoms with Crippen LogP contribution in [0, 0.1) is 17.2 Å². The smallest absolute Gasteiger partial charge is 0.248 e. The molecule has 0 aliphatic carbocycles. The summed E-state index contributed by atoms with van der Waals surface area (Å²) in [5, 5.41) is 0. The van der Waals surface area contributed by atoms with Crippen LogP contribution in [0.2, 0.25) is 0 Å². The Morgan fingerprint density at radius 1 is 1.19 bits per heavy atom. The molecule has 6 nitrogen and oxygen atoms in total. The lowest BCUT2D eigenvalue weighted by atomic mass is 9.84. The normalized spacial score (nSPS) is 15.4. The molecule has 3 amide bonds. The van der Waals surface area contributed by atoms with E-state index in [9.17, 15) is 18.8 Å². The Balaban J connectivity index is 2.00. The van der Waals surface area contributed by atoms with Crippen LogP contribution in [0.15, 0.2) is 24.3 Å². The standard InChI is InChI=1S/C24H36FN3O3/c1-6-7-12-26(21(29)13-18(2)14-24(3,4)5)15-22(30)27-16-23(31)28(17-27)20-10-8-19(25)9-11-20/h8-11,18H,6-7,12-17H2,1-5H3. The third-order valence-corrected chi connectivity index (χ3v) is 5.37. The van der Waals surface area contributed by atoms with Crippen molar-refractivity contribution in [2.75, 3.05) is 31.2 Å². The maximum absolute atomic E-state index is 13.2. The van der Waals surface area contributed by atoms with Gasteiger partial charge in [0.15, 0.2) is 0 Å². The topological polar surface area (TPSA) is 60.9 Å². The summed E-state index contributed by atoms with van der Waals surface area (Å²) in [6.07, 6.45) is 3.10. The maximum atomic E-state index is 13.2. The number of carbonyl (C=O) groups is 3. The molecule has 1 atom stereocenters. The van der Waals surface area contributed by atoms with E-state index in [0.717, 1.165) is 19.3 Å². The molecule has 1 heterocycles. The third kappa shape index (κ3) is 7.64. The van der Waals surface area contributed by atoms with Crippen LogP contribution in [0.5, 0.6) is 0 Å². The summed E-state index contributed by atoms with van der Waals surface area (Å²) in [7, 11) is 0. The molecule has 1 aromatic carbocycles. The highest BCUT2D eigenvalue weighted by atomic mass is 19.1. The molecule has 1 fully saturated rings. The van der Waals surface area contributed by atoms with Gasteiger partial charge < -0.3 is 9.80 Å². The van der Waals surface area contributed by atoms with Gasteiger partial charge in [0.05, 0.1) is 6.54 Å². The summed E-state index contributed by atoms with van der Waals surface area (Å²) in [6.45, 7) is 11.2. The Morgan fingerprint density at radius 2 is 1.84 bits per heavy atom. The average Bonchev–Trinajstić information content (AvgIpc) is 3.05. The molecule has 2 rings (SSSR count). The Morgan fingerprint density at radius 3 is 2.42 bits per heavy atom. The zero-order valence-electron chi connectivity index (χ0n) is 19.5. The van der Waals surface area contributed by atoms with Gasteiger partial charge in [-0.1, -0.05) is 41.0 Å². The van der Waals surface area contributed by atoms with Crippen molar-refractivity contribution >= 4 is 23.4 Å². The molecular weight excluding hydrogens is 397 g/mol. The van der Waals surface area contributed by atoms with Crippen LogP contribution in [-0.2, 0) is 14.4 Å². The molecule has 0 aromatic heterocycles. The first-order valence-corrected chi connectivity index (χ1v) is 11.1. The van der Waals surface area contributed by atoms with Crippen LogP contribution in [0.3, 0.4) is 0 Å². The Bertz CT molecular complexity index is 773. The van der Waals surface area contributed by atoms with Gasteiger partial charge >= 0.3 is 0 Å². The fourth-order valence-electron chi connectivity index (χ4n) is 4.01. The second-order valence-corrected chi connectivity index (χ2v) is 9.77. The fraction of sp³-hybridized carbons (Fsp3) is 0.625. The van der Waals surface area contributed by atoms with Gasteiger partial charge in [0.25, 0.3) is 0 Å². The number of rotatable bonds is 9. The summed E-state index contributed by atoms with van der Waals surface area (Å²) < 4.78 is 13.2. The summed E-state index contributed by atoms with van der Waals surface area (Å²) in [4.78, 5) is 42.8.